The van der Waals surface area contributed by atoms with Crippen LogP contribution in [0.1, 0.15) is 35.4 Å². The van der Waals surface area contributed by atoms with Crippen molar-refractivity contribution in [3.63, 3.8) is 0 Å². The molecule has 0 heterocycles. The second-order valence-corrected chi connectivity index (χ2v) is 5.35. The van der Waals surface area contributed by atoms with Gasteiger partial charge in [-0.3, -0.25) is 9.59 Å². The van der Waals surface area contributed by atoms with Gasteiger partial charge < -0.3 is 10.2 Å². The summed E-state index contributed by atoms with van der Waals surface area (Å²) >= 11 is 1.04. The van der Waals surface area contributed by atoms with Gasteiger partial charge in [0.05, 0.1) is 6.10 Å². The van der Waals surface area contributed by atoms with Crippen LogP contribution in [0.2, 0.25) is 0 Å². The predicted octanol–water partition coefficient (Wildman–Crippen LogP) is 1.70. The predicted molar refractivity (Wildman–Crippen MR) is 70.5 cm³/mol. The van der Waals surface area contributed by atoms with Gasteiger partial charge in [-0.25, -0.2) is 4.39 Å². The molecular weight excluding hydrogens is 271 g/mol. The second kappa shape index (κ2) is 7.37. The van der Waals surface area contributed by atoms with Crippen LogP contribution in [0.4, 0.5) is 4.39 Å². The molecule has 0 spiro atoms. The van der Waals surface area contributed by atoms with Crippen molar-refractivity contribution < 1.29 is 24.2 Å². The third-order valence-corrected chi connectivity index (χ3v) is 3.35. The standard InChI is InChI=1S/C13H15FO4S/c1-8(16)19-3-2-12(17)13(18)10-4-9(7-15)5-11(14)6-10/h4-7,12-13,17-18H,2-3H2,1H3. The minimum Gasteiger partial charge on any atom is -0.390 e. The van der Waals surface area contributed by atoms with Crippen LogP contribution in [0, 0.1) is 5.82 Å². The molecule has 0 saturated carbocycles. The van der Waals surface area contributed by atoms with Crippen molar-refractivity contribution in [1.82, 2.24) is 0 Å². The SMILES string of the molecule is CC(=O)SCCC(O)C(O)c1cc(F)cc(C=O)c1. The van der Waals surface area contributed by atoms with E-state index in [9.17, 15) is 24.2 Å². The molecule has 104 valence electrons. The molecule has 1 rings (SSSR count). The zero-order chi connectivity index (χ0) is 14.4. The lowest BCUT2D eigenvalue weighted by atomic mass is 10.0. The van der Waals surface area contributed by atoms with E-state index in [2.05, 4.69) is 0 Å². The Labute approximate surface area is 114 Å². The minimum absolute atomic E-state index is 0.0734. The fraction of sp³-hybridized carbons (Fsp3) is 0.385. The van der Waals surface area contributed by atoms with Gasteiger partial charge in [0.15, 0.2) is 5.12 Å². The Morgan fingerprint density at radius 3 is 2.68 bits per heavy atom. The summed E-state index contributed by atoms with van der Waals surface area (Å²) in [7, 11) is 0. The van der Waals surface area contributed by atoms with Crippen LogP contribution < -0.4 is 0 Å². The van der Waals surface area contributed by atoms with Gasteiger partial charge in [-0.1, -0.05) is 11.8 Å². The van der Waals surface area contributed by atoms with Crippen LogP contribution in [-0.2, 0) is 4.79 Å². The number of carbonyl (C=O) groups excluding carboxylic acids is 2. The summed E-state index contributed by atoms with van der Waals surface area (Å²) in [6.07, 6.45) is -1.74. The molecular formula is C13H15FO4S. The van der Waals surface area contributed by atoms with E-state index >= 15 is 0 Å². The van der Waals surface area contributed by atoms with Crippen molar-refractivity contribution in [2.24, 2.45) is 0 Å². The summed E-state index contributed by atoms with van der Waals surface area (Å²) in [4.78, 5) is 21.3. The van der Waals surface area contributed by atoms with E-state index < -0.39 is 18.0 Å². The van der Waals surface area contributed by atoms with Crippen LogP contribution >= 0.6 is 11.8 Å². The van der Waals surface area contributed by atoms with E-state index in [-0.39, 0.29) is 22.7 Å². The van der Waals surface area contributed by atoms with Gasteiger partial charge >= 0.3 is 0 Å². The lowest BCUT2D eigenvalue weighted by Gasteiger charge is -2.18. The molecule has 0 radical (unpaired) electrons. The van der Waals surface area contributed by atoms with Crippen molar-refractivity contribution in [2.45, 2.75) is 25.6 Å². The molecule has 2 unspecified atom stereocenters. The van der Waals surface area contributed by atoms with Crippen LogP contribution in [0.5, 0.6) is 0 Å². The molecule has 4 nitrogen and oxygen atoms in total. The summed E-state index contributed by atoms with van der Waals surface area (Å²) in [6, 6.07) is 3.43. The van der Waals surface area contributed by atoms with E-state index in [0.29, 0.717) is 12.0 Å². The number of carbonyl (C=O) groups is 2. The van der Waals surface area contributed by atoms with Gasteiger partial charge in [0, 0.05) is 18.2 Å². The molecule has 19 heavy (non-hydrogen) atoms. The van der Waals surface area contributed by atoms with Gasteiger partial charge in [-0.05, 0) is 30.2 Å². The van der Waals surface area contributed by atoms with E-state index in [0.717, 1.165) is 23.9 Å². The topological polar surface area (TPSA) is 74.6 Å². The lowest BCUT2D eigenvalue weighted by molar-refractivity contribution is -0.109. The molecule has 0 aliphatic rings. The maximum Gasteiger partial charge on any atom is 0.185 e. The molecule has 0 amide bonds. The zero-order valence-corrected chi connectivity index (χ0v) is 11.2. The summed E-state index contributed by atoms with van der Waals surface area (Å²) in [6.45, 7) is 1.41. The van der Waals surface area contributed by atoms with E-state index in [1.165, 1.54) is 13.0 Å². The Hall–Kier alpha value is -1.24. The van der Waals surface area contributed by atoms with E-state index in [1.807, 2.05) is 0 Å². The third-order valence-electron chi connectivity index (χ3n) is 2.50. The molecule has 2 N–H and O–H groups in total. The van der Waals surface area contributed by atoms with Gasteiger partial charge in [0.1, 0.15) is 18.2 Å². The summed E-state index contributed by atoms with van der Waals surface area (Å²) in [5.74, 6) is -0.285. The third kappa shape index (κ3) is 5.10. The number of halogens is 1. The summed E-state index contributed by atoms with van der Waals surface area (Å²) in [5.41, 5.74) is 0.238. The smallest absolute Gasteiger partial charge is 0.185 e. The Morgan fingerprint density at radius 2 is 2.11 bits per heavy atom. The van der Waals surface area contributed by atoms with Gasteiger partial charge in [0.2, 0.25) is 0 Å². The maximum atomic E-state index is 13.2. The molecule has 0 aliphatic carbocycles. The number of aldehydes is 1. The Bertz CT molecular complexity index is 464. The first-order chi connectivity index (χ1) is 8.93. The summed E-state index contributed by atoms with van der Waals surface area (Å²) < 4.78 is 13.2. The van der Waals surface area contributed by atoms with Crippen LogP contribution in [-0.4, -0.2) is 33.5 Å². The number of thioether (sulfide) groups is 1. The fourth-order valence-corrected chi connectivity index (χ4v) is 2.22. The van der Waals surface area contributed by atoms with Gasteiger partial charge in [-0.15, -0.1) is 0 Å². The second-order valence-electron chi connectivity index (χ2n) is 4.08. The van der Waals surface area contributed by atoms with Crippen molar-refractivity contribution in [3.05, 3.63) is 35.1 Å². The highest BCUT2D eigenvalue weighted by Gasteiger charge is 2.19. The van der Waals surface area contributed by atoms with Crippen molar-refractivity contribution in [1.29, 1.82) is 0 Å². The number of aliphatic hydroxyl groups is 2. The molecule has 2 atom stereocenters. The first-order valence-corrected chi connectivity index (χ1v) is 6.67. The molecule has 1 aromatic rings. The van der Waals surface area contributed by atoms with Crippen LogP contribution in [0.25, 0.3) is 0 Å². The van der Waals surface area contributed by atoms with E-state index in [4.69, 9.17) is 0 Å². The maximum absolute atomic E-state index is 13.2. The lowest BCUT2D eigenvalue weighted by Crippen LogP contribution is -2.19. The molecule has 6 heteroatoms. The fourth-order valence-electron chi connectivity index (χ4n) is 1.58. The molecule has 1 aromatic carbocycles. The highest BCUT2D eigenvalue weighted by Crippen LogP contribution is 2.22. The molecule has 0 saturated heterocycles. The average Bonchev–Trinajstić information content (AvgIpc) is 2.36. The quantitative estimate of drug-likeness (QED) is 0.779. The average molecular weight is 286 g/mol. The van der Waals surface area contributed by atoms with Gasteiger partial charge in [0.25, 0.3) is 0 Å². The first kappa shape index (κ1) is 15.8. The molecule has 0 aliphatic heterocycles. The Kier molecular flexibility index (Phi) is 6.14. The largest absolute Gasteiger partial charge is 0.390 e. The van der Waals surface area contributed by atoms with Crippen LogP contribution in [0.15, 0.2) is 18.2 Å². The van der Waals surface area contributed by atoms with E-state index in [1.54, 1.807) is 0 Å². The highest BCUT2D eigenvalue weighted by atomic mass is 32.2. The van der Waals surface area contributed by atoms with Gasteiger partial charge in [-0.2, -0.15) is 0 Å². The number of benzene rings is 1. The number of rotatable bonds is 6. The summed E-state index contributed by atoms with van der Waals surface area (Å²) in [5, 5.41) is 19.6. The van der Waals surface area contributed by atoms with Crippen molar-refractivity contribution in [2.75, 3.05) is 5.75 Å². The number of hydrogen-bond donors (Lipinski definition) is 2. The monoisotopic (exact) mass is 286 g/mol. The zero-order valence-electron chi connectivity index (χ0n) is 10.4. The number of aliphatic hydroxyl groups excluding tert-OH is 2. The normalized spacial score (nSPS) is 13.9. The van der Waals surface area contributed by atoms with Crippen molar-refractivity contribution >= 4 is 23.2 Å². The Morgan fingerprint density at radius 1 is 1.42 bits per heavy atom. The Balaban J connectivity index is 2.70. The molecule has 0 fully saturated rings. The number of hydrogen-bond acceptors (Lipinski definition) is 5. The highest BCUT2D eigenvalue weighted by molar-refractivity contribution is 8.13. The van der Waals surface area contributed by atoms with Crippen molar-refractivity contribution in [3.8, 4) is 0 Å². The molecule has 0 aromatic heterocycles. The first-order valence-electron chi connectivity index (χ1n) is 5.69. The van der Waals surface area contributed by atoms with Crippen LogP contribution in [0.3, 0.4) is 0 Å². The minimum atomic E-state index is -1.29. The molecule has 0 bridgehead atoms.